The molecule has 3 aromatic rings. The number of aliphatic imine (C=N–C) groups is 1. The van der Waals surface area contributed by atoms with Gasteiger partial charge in [0.1, 0.15) is 30.2 Å². The second-order valence-electron chi connectivity index (χ2n) is 27.3. The molecule has 0 aromatic heterocycles. The number of Topliss-reactive ketones (excluding diaryl/α,β-unsaturated/α-hetero) is 2. The van der Waals surface area contributed by atoms with E-state index in [0.717, 1.165) is 16.7 Å². The van der Waals surface area contributed by atoms with Gasteiger partial charge in [-0.3, -0.25) is 43.3 Å². The fourth-order valence-electron chi connectivity index (χ4n) is 13.7. The van der Waals surface area contributed by atoms with E-state index >= 15 is 4.79 Å². The maximum Gasteiger partial charge on any atom is 0.326 e. The predicted octanol–water partition coefficient (Wildman–Crippen LogP) is 7.04. The second kappa shape index (κ2) is 42.9. The molecule has 0 saturated carbocycles. The summed E-state index contributed by atoms with van der Waals surface area (Å²) in [5.74, 6) is -12.8. The van der Waals surface area contributed by atoms with Crippen molar-refractivity contribution in [3.63, 3.8) is 0 Å². The monoisotopic (exact) mass is 1510 g/mol. The Morgan fingerprint density at radius 1 is 0.714 bits per heavy atom. The van der Waals surface area contributed by atoms with Gasteiger partial charge in [-0.2, -0.15) is 0 Å². The quantitative estimate of drug-likeness (QED) is 0.00832. The number of guanidine groups is 1. The Morgan fingerprint density at radius 3 is 1.93 bits per heavy atom. The number of esters is 2. The average molecular weight is 1520 g/mol. The van der Waals surface area contributed by atoms with Crippen molar-refractivity contribution in [3.05, 3.63) is 106 Å². The first-order valence-corrected chi connectivity index (χ1v) is 36.7. The second-order valence-corrected chi connectivity index (χ2v) is 28.3. The molecule has 30 heteroatoms. The highest BCUT2D eigenvalue weighted by molar-refractivity contribution is 6.34. The van der Waals surface area contributed by atoms with Gasteiger partial charge in [0.25, 0.3) is 0 Å². The van der Waals surface area contributed by atoms with Gasteiger partial charge in [0, 0.05) is 87.1 Å². The lowest BCUT2D eigenvalue weighted by molar-refractivity contribution is -0.337. The SMILES string of the molecule is CC(=O)OCC1O[C@H](OC(C)[C@H](NC(=O)[C@@H](CC(=O)O)CC(=O)C2CCCN2C(=O)CCOCCOCCOCCN)C(=O)C[C@H](CCCN=C(N)N)C(=O)N2CCCC2C(=O)O)C(C)[C@@H](O[C@@H]2OC(CF)[C@H](C)[C@H](C)C2OC(C)=O)[C@H]1C.Cc1ccc(C(Cl)(c2ccccc2)c2ccccc2Cl)cc1. The molecule has 4 saturated heterocycles. The molecule has 4 fully saturated rings. The van der Waals surface area contributed by atoms with Crippen molar-refractivity contribution < 1.29 is 100 Å². The number of benzene rings is 3. The van der Waals surface area contributed by atoms with Crippen LogP contribution in [-0.2, 0) is 90.7 Å². The van der Waals surface area contributed by atoms with E-state index in [1.54, 1.807) is 27.7 Å². The van der Waals surface area contributed by atoms with E-state index in [0.29, 0.717) is 44.2 Å². The first-order valence-electron chi connectivity index (χ1n) is 36.0. The number of aliphatic carboxylic acids is 2. The summed E-state index contributed by atoms with van der Waals surface area (Å²) in [6.07, 6.45) is -8.76. The molecule has 0 bridgehead atoms. The molecule has 27 nitrogen and oxygen atoms in total. The van der Waals surface area contributed by atoms with Crippen LogP contribution in [0.5, 0.6) is 0 Å². The van der Waals surface area contributed by atoms with Gasteiger partial charge in [0.2, 0.25) is 17.7 Å². The number of rotatable bonds is 39. The Morgan fingerprint density at radius 2 is 1.32 bits per heavy atom. The van der Waals surface area contributed by atoms with Crippen LogP contribution in [0.2, 0.25) is 5.02 Å². The summed E-state index contributed by atoms with van der Waals surface area (Å²) in [7, 11) is 0. The van der Waals surface area contributed by atoms with Gasteiger partial charge in [-0.25, -0.2) is 9.18 Å². The molecule has 105 heavy (non-hydrogen) atoms. The van der Waals surface area contributed by atoms with Crippen molar-refractivity contribution in [2.45, 2.75) is 186 Å². The van der Waals surface area contributed by atoms with Crippen molar-refractivity contribution in [1.29, 1.82) is 0 Å². The summed E-state index contributed by atoms with van der Waals surface area (Å²) < 4.78 is 67.6. The van der Waals surface area contributed by atoms with E-state index in [9.17, 15) is 53.0 Å². The van der Waals surface area contributed by atoms with Gasteiger partial charge in [-0.1, -0.05) is 118 Å². The third-order valence-electron chi connectivity index (χ3n) is 19.7. The molecule has 3 aromatic carbocycles. The molecule has 17 atom stereocenters. The Hall–Kier alpha value is -7.25. The van der Waals surface area contributed by atoms with Crippen molar-refractivity contribution in [1.82, 2.24) is 15.1 Å². The zero-order valence-corrected chi connectivity index (χ0v) is 62.8. The number of nitrogens with one attached hydrogen (secondary N) is 1. The van der Waals surface area contributed by atoms with E-state index in [1.165, 1.54) is 36.1 Å². The van der Waals surface area contributed by atoms with Crippen LogP contribution in [0.3, 0.4) is 0 Å². The summed E-state index contributed by atoms with van der Waals surface area (Å²) in [5, 5.41) is 23.5. The van der Waals surface area contributed by atoms with E-state index in [1.807, 2.05) is 54.6 Å². The van der Waals surface area contributed by atoms with Crippen LogP contribution in [0.15, 0.2) is 83.9 Å². The number of hydrogen-bond donors (Lipinski definition) is 6. The van der Waals surface area contributed by atoms with Crippen LogP contribution in [0.1, 0.15) is 135 Å². The standard InChI is InChI=1S/C55H90FN7O20.C20H16Cl2/c1-30-31(2)49(80-36(7)65)54(81-43(30)28-56)83-48-32(3)44(29-78-35(6)64)82-53(33(48)4)79-34(5)47(42(67)25-37(11-8-16-60-55(58)59)51(72)63-18-10-13-40(63)52(73)74)61-50(71)38(27-46(69)70)26-41(66)39-12-9-17-62(39)45(68)14-19-75-21-23-77-24-22-76-20-15-57;1-15-11-13-17(14-12-15)20(22,16-7-3-2-4-8-16)18-9-5-6-10-19(18)21/h30-34,37-40,43-44,47-49,53-54H,8-29,57H2,1-7H3,(H,61,71)(H,69,70)(H,73,74)(H4,58,59,60);2-14H,1H3/t30-,31+,32+,33?,34?,37+,38-,39?,40?,43?,44?,47+,48+,49?,53+,54+;/m1./s1. The van der Waals surface area contributed by atoms with E-state index in [-0.39, 0.29) is 84.1 Å². The largest absolute Gasteiger partial charge is 0.481 e. The Kier molecular flexibility index (Phi) is 35.4. The molecule has 4 heterocycles. The van der Waals surface area contributed by atoms with Crippen LogP contribution in [-0.4, -0.2) is 219 Å². The summed E-state index contributed by atoms with van der Waals surface area (Å²) in [4.78, 5) is 127. The van der Waals surface area contributed by atoms with Gasteiger partial charge in [-0.05, 0) is 75.5 Å². The summed E-state index contributed by atoms with van der Waals surface area (Å²) >= 11 is 13.6. The molecule has 0 aliphatic carbocycles. The van der Waals surface area contributed by atoms with Gasteiger partial charge < -0.3 is 85.2 Å². The fraction of sp³-hybridized carbons (Fsp3) is 0.627. The molecule has 0 spiro atoms. The van der Waals surface area contributed by atoms with Gasteiger partial charge >= 0.3 is 23.9 Å². The molecule has 582 valence electrons. The Labute approximate surface area is 623 Å². The third kappa shape index (κ3) is 25.2. The minimum atomic E-state index is -1.72. The highest BCUT2D eigenvalue weighted by Crippen LogP contribution is 2.46. The molecule has 0 radical (unpaired) electrons. The van der Waals surface area contributed by atoms with Crippen LogP contribution in [0.4, 0.5) is 4.39 Å². The molecule has 4 aliphatic rings. The first-order chi connectivity index (χ1) is 50.0. The average Bonchev–Trinajstić information content (AvgIpc) is 1.46. The number of ketones is 2. The molecule has 8 unspecified atom stereocenters. The molecular formula is C75H106Cl2FN7O20. The number of likely N-dealkylation sites (tertiary alicyclic amines) is 2. The number of nitrogens with two attached hydrogens (primary N) is 3. The third-order valence-corrected chi connectivity index (χ3v) is 20.6. The lowest BCUT2D eigenvalue weighted by Gasteiger charge is -2.49. The smallest absolute Gasteiger partial charge is 0.326 e. The van der Waals surface area contributed by atoms with Gasteiger partial charge in [0.15, 0.2) is 36.2 Å². The number of amides is 3. The van der Waals surface area contributed by atoms with Crippen molar-refractivity contribution in [2.75, 3.05) is 79.1 Å². The number of ether oxygens (including phenoxy) is 9. The number of carboxylic acids is 2. The molecule has 9 N–H and O–H groups in total. The van der Waals surface area contributed by atoms with Crippen LogP contribution < -0.4 is 22.5 Å². The predicted molar refractivity (Wildman–Crippen MR) is 386 cm³/mol. The molecule has 7 rings (SSSR count). The molecular weight excluding hydrogens is 1410 g/mol. The zero-order valence-electron chi connectivity index (χ0n) is 61.2. The number of carbonyl (C=O) groups is 9. The number of carbonyl (C=O) groups excluding carboxylic acids is 7. The zero-order chi connectivity index (χ0) is 77.1. The van der Waals surface area contributed by atoms with E-state index in [4.69, 9.17) is 83.0 Å². The van der Waals surface area contributed by atoms with Gasteiger partial charge in [0.05, 0.1) is 88.9 Å². The number of halogens is 3. The fourth-order valence-corrected chi connectivity index (χ4v) is 14.5. The number of hydrogen-bond acceptors (Lipinski definition) is 20. The summed E-state index contributed by atoms with van der Waals surface area (Å²) in [6.45, 7) is 14.0. The number of carboxylic acid groups (broad SMARTS) is 2. The van der Waals surface area contributed by atoms with E-state index < -0.39 is 181 Å². The van der Waals surface area contributed by atoms with E-state index in [2.05, 4.69) is 41.5 Å². The van der Waals surface area contributed by atoms with Crippen LogP contribution in [0, 0.1) is 42.4 Å². The van der Waals surface area contributed by atoms with Crippen molar-refractivity contribution >= 4 is 82.3 Å². The molecule has 3 amide bonds. The van der Waals surface area contributed by atoms with Gasteiger partial charge in [-0.15, -0.1) is 11.6 Å². The number of alkyl halides is 2. The maximum absolute atomic E-state index is 15.1. The molecule has 4 aliphatic heterocycles. The van der Waals surface area contributed by atoms with Crippen LogP contribution >= 0.6 is 23.2 Å². The summed E-state index contributed by atoms with van der Waals surface area (Å²) in [6, 6.07) is 22.2. The highest BCUT2D eigenvalue weighted by atomic mass is 35.5. The van der Waals surface area contributed by atoms with Crippen molar-refractivity contribution in [2.24, 2.45) is 57.7 Å². The minimum Gasteiger partial charge on any atom is -0.481 e. The Bertz CT molecular complexity index is 3360. The summed E-state index contributed by atoms with van der Waals surface area (Å²) in [5.41, 5.74) is 20.6. The number of aryl methyl sites for hydroxylation is 1. The van der Waals surface area contributed by atoms with Crippen LogP contribution in [0.25, 0.3) is 0 Å². The normalized spacial score (nSPS) is 24.7. The topological polar surface area (TPSA) is 386 Å². The highest BCUT2D eigenvalue weighted by Gasteiger charge is 2.51. The van der Waals surface area contributed by atoms with Crippen molar-refractivity contribution in [3.8, 4) is 0 Å². The lowest BCUT2D eigenvalue weighted by Crippen LogP contribution is -2.59. The maximum atomic E-state index is 15.1. The first kappa shape index (κ1) is 86.7. The Balaban J connectivity index is 0.000000660. The minimum absolute atomic E-state index is 0.0189. The number of nitrogens with zero attached hydrogens (tertiary/aromatic N) is 3. The lowest BCUT2D eigenvalue weighted by atomic mass is 9.83.